The van der Waals surface area contributed by atoms with E-state index in [4.69, 9.17) is 9.51 Å². The molecular formula is C19H22FN5OS. The van der Waals surface area contributed by atoms with Gasteiger partial charge in [0.25, 0.3) is 0 Å². The minimum absolute atomic E-state index is 0.307. The smallest absolute Gasteiger partial charge is 0.189 e. The molecule has 0 unspecified atom stereocenters. The number of halogens is 1. The molecule has 27 heavy (non-hydrogen) atoms. The summed E-state index contributed by atoms with van der Waals surface area (Å²) >= 11 is 1.57. The molecule has 142 valence electrons. The van der Waals surface area contributed by atoms with Gasteiger partial charge in [0.15, 0.2) is 10.7 Å². The number of piperazine rings is 1. The second kappa shape index (κ2) is 7.44. The van der Waals surface area contributed by atoms with E-state index in [1.165, 1.54) is 12.1 Å². The van der Waals surface area contributed by atoms with Gasteiger partial charge in [0, 0.05) is 55.4 Å². The predicted octanol–water partition coefficient (Wildman–Crippen LogP) is 3.42. The molecule has 1 aliphatic rings. The van der Waals surface area contributed by atoms with E-state index in [-0.39, 0.29) is 5.82 Å². The van der Waals surface area contributed by atoms with E-state index in [1.807, 2.05) is 13.2 Å². The first-order chi connectivity index (χ1) is 13.0. The van der Waals surface area contributed by atoms with Gasteiger partial charge in [0.1, 0.15) is 17.3 Å². The Hall–Kier alpha value is -2.19. The fourth-order valence-corrected chi connectivity index (χ4v) is 3.80. The van der Waals surface area contributed by atoms with Crippen molar-refractivity contribution < 1.29 is 8.91 Å². The normalized spacial score (nSPS) is 15.6. The Morgan fingerprint density at radius 2 is 1.93 bits per heavy atom. The third kappa shape index (κ3) is 3.64. The third-order valence-electron chi connectivity index (χ3n) is 5.08. The quantitative estimate of drug-likeness (QED) is 0.502. The van der Waals surface area contributed by atoms with Crippen LogP contribution in [0.3, 0.4) is 0 Å². The van der Waals surface area contributed by atoms with Crippen LogP contribution in [0.15, 0.2) is 27.9 Å². The monoisotopic (exact) mass is 387 g/mol. The maximum atomic E-state index is 13.3. The number of hydrogen-bond acceptors (Lipinski definition) is 7. The van der Waals surface area contributed by atoms with E-state index in [2.05, 4.69) is 26.9 Å². The summed E-state index contributed by atoms with van der Waals surface area (Å²) in [6.07, 6.45) is 2.00. The molecule has 3 aromatic rings. The van der Waals surface area contributed by atoms with Crippen molar-refractivity contribution in [3.8, 4) is 0 Å². The predicted molar refractivity (Wildman–Crippen MR) is 105 cm³/mol. The molecule has 0 saturated carbocycles. The van der Waals surface area contributed by atoms with Crippen LogP contribution in [0.4, 0.5) is 10.2 Å². The molecule has 1 saturated heterocycles. The lowest BCUT2D eigenvalue weighted by atomic mass is 10.2. The number of anilines is 1. The molecule has 0 bridgehead atoms. The van der Waals surface area contributed by atoms with Gasteiger partial charge in [-0.1, -0.05) is 16.9 Å². The van der Waals surface area contributed by atoms with E-state index >= 15 is 0 Å². The highest BCUT2D eigenvalue weighted by molar-refractivity contribution is 7.98. The number of fused-ring (bicyclic) bond motifs is 1. The molecule has 0 radical (unpaired) electrons. The zero-order valence-electron chi connectivity index (χ0n) is 15.7. The Morgan fingerprint density at radius 3 is 2.67 bits per heavy atom. The number of hydrogen-bond donors (Lipinski definition) is 0. The van der Waals surface area contributed by atoms with Crippen LogP contribution in [0, 0.1) is 19.7 Å². The molecule has 1 aliphatic heterocycles. The van der Waals surface area contributed by atoms with Crippen LogP contribution in [0.5, 0.6) is 0 Å². The molecule has 1 aromatic carbocycles. The van der Waals surface area contributed by atoms with E-state index in [9.17, 15) is 4.39 Å². The fraction of sp³-hybridized carbons (Fsp3) is 0.421. The largest absolute Gasteiger partial charge is 0.356 e. The second-order valence-electron chi connectivity index (χ2n) is 6.78. The number of nitrogens with zero attached hydrogens (tertiary/aromatic N) is 5. The summed E-state index contributed by atoms with van der Waals surface area (Å²) in [6, 6.07) is 4.57. The summed E-state index contributed by atoms with van der Waals surface area (Å²) in [4.78, 5) is 13.9. The average Bonchev–Trinajstić information content (AvgIpc) is 3.06. The molecule has 0 N–H and O–H groups in total. The summed E-state index contributed by atoms with van der Waals surface area (Å²) in [5.74, 6) is 0.729. The molecular weight excluding hydrogens is 365 g/mol. The van der Waals surface area contributed by atoms with Gasteiger partial charge in [-0.05, 0) is 32.2 Å². The van der Waals surface area contributed by atoms with E-state index in [1.54, 1.807) is 17.8 Å². The molecule has 0 spiro atoms. The van der Waals surface area contributed by atoms with Crippen molar-refractivity contribution in [3.05, 3.63) is 41.0 Å². The third-order valence-corrected chi connectivity index (χ3v) is 5.63. The van der Waals surface area contributed by atoms with Gasteiger partial charge < -0.3 is 9.42 Å². The number of rotatable bonds is 4. The van der Waals surface area contributed by atoms with Gasteiger partial charge in [-0.3, -0.25) is 4.90 Å². The number of aryl methyl sites for hydroxylation is 1. The van der Waals surface area contributed by atoms with Crippen molar-refractivity contribution in [3.63, 3.8) is 0 Å². The maximum Gasteiger partial charge on any atom is 0.189 e. The van der Waals surface area contributed by atoms with Gasteiger partial charge in [-0.15, -0.1) is 0 Å². The number of aromatic nitrogens is 3. The van der Waals surface area contributed by atoms with Gasteiger partial charge in [0.05, 0.1) is 0 Å². The molecule has 1 fully saturated rings. The first-order valence-corrected chi connectivity index (χ1v) is 10.2. The lowest BCUT2D eigenvalue weighted by Crippen LogP contribution is -2.46. The Bertz CT molecular complexity index is 968. The maximum absolute atomic E-state index is 13.3. The first kappa shape index (κ1) is 18.2. The van der Waals surface area contributed by atoms with Gasteiger partial charge in [-0.25, -0.2) is 14.4 Å². The fourth-order valence-electron chi connectivity index (χ4n) is 3.39. The van der Waals surface area contributed by atoms with E-state index in [0.29, 0.717) is 12.1 Å². The van der Waals surface area contributed by atoms with Crippen molar-refractivity contribution in [2.45, 2.75) is 25.5 Å². The summed E-state index contributed by atoms with van der Waals surface area (Å²) < 4.78 is 18.6. The Morgan fingerprint density at radius 1 is 1.15 bits per heavy atom. The van der Waals surface area contributed by atoms with Crippen molar-refractivity contribution in [1.82, 2.24) is 20.0 Å². The molecule has 0 amide bonds. The minimum Gasteiger partial charge on any atom is -0.356 e. The van der Waals surface area contributed by atoms with Gasteiger partial charge >= 0.3 is 0 Å². The molecule has 2 aromatic heterocycles. The zero-order chi connectivity index (χ0) is 19.0. The zero-order valence-corrected chi connectivity index (χ0v) is 16.5. The van der Waals surface area contributed by atoms with Crippen molar-refractivity contribution >= 4 is 28.5 Å². The average molecular weight is 387 g/mol. The standard InChI is InChI=1S/C19H22FN5OS/c1-12-13(2)21-19(27-3)22-18(12)25-8-6-24(7-9-25)11-16-15-5-4-14(20)10-17(15)26-23-16/h4-5,10H,6-9,11H2,1-3H3. The number of benzene rings is 1. The lowest BCUT2D eigenvalue weighted by Gasteiger charge is -2.35. The van der Waals surface area contributed by atoms with Crippen LogP contribution >= 0.6 is 11.8 Å². The van der Waals surface area contributed by atoms with Crippen LogP contribution in [0.25, 0.3) is 11.0 Å². The summed E-state index contributed by atoms with van der Waals surface area (Å²) in [5.41, 5.74) is 3.54. The molecule has 0 atom stereocenters. The highest BCUT2D eigenvalue weighted by Gasteiger charge is 2.22. The minimum atomic E-state index is -0.307. The highest BCUT2D eigenvalue weighted by Crippen LogP contribution is 2.25. The first-order valence-electron chi connectivity index (χ1n) is 8.95. The second-order valence-corrected chi connectivity index (χ2v) is 7.55. The lowest BCUT2D eigenvalue weighted by molar-refractivity contribution is 0.242. The highest BCUT2D eigenvalue weighted by atomic mass is 32.2. The molecule has 0 aliphatic carbocycles. The van der Waals surface area contributed by atoms with Gasteiger partial charge in [0.2, 0.25) is 0 Å². The van der Waals surface area contributed by atoms with Crippen LogP contribution in [-0.4, -0.2) is 52.5 Å². The summed E-state index contributed by atoms with van der Waals surface area (Å²) in [5, 5.41) is 5.83. The van der Waals surface area contributed by atoms with Gasteiger partial charge in [-0.2, -0.15) is 0 Å². The Labute approximate surface area is 161 Å². The number of thioether (sulfide) groups is 1. The Balaban J connectivity index is 1.45. The molecule has 4 rings (SSSR count). The molecule has 8 heteroatoms. The van der Waals surface area contributed by atoms with Crippen LogP contribution in [-0.2, 0) is 6.54 Å². The topological polar surface area (TPSA) is 58.3 Å². The van der Waals surface area contributed by atoms with Crippen molar-refractivity contribution in [2.24, 2.45) is 0 Å². The van der Waals surface area contributed by atoms with E-state index in [0.717, 1.165) is 59.5 Å². The molecule has 3 heterocycles. The van der Waals surface area contributed by atoms with Crippen molar-refractivity contribution in [1.29, 1.82) is 0 Å². The molecule has 6 nitrogen and oxygen atoms in total. The Kier molecular flexibility index (Phi) is 5.01. The van der Waals surface area contributed by atoms with Crippen LogP contribution in [0.2, 0.25) is 0 Å². The van der Waals surface area contributed by atoms with Crippen LogP contribution < -0.4 is 4.90 Å². The van der Waals surface area contributed by atoms with E-state index < -0.39 is 0 Å². The summed E-state index contributed by atoms with van der Waals surface area (Å²) in [6.45, 7) is 8.44. The summed E-state index contributed by atoms with van der Waals surface area (Å²) in [7, 11) is 0. The van der Waals surface area contributed by atoms with Crippen LogP contribution in [0.1, 0.15) is 17.0 Å². The van der Waals surface area contributed by atoms with Crippen molar-refractivity contribution in [2.75, 3.05) is 37.3 Å². The SMILES string of the molecule is CSc1nc(C)c(C)c(N2CCN(Cc3noc4cc(F)ccc34)CC2)n1.